The number of aliphatic carboxylic acids is 6. The Bertz CT molecular complexity index is 283. The molecule has 0 aliphatic heterocycles. The summed E-state index contributed by atoms with van der Waals surface area (Å²) in [6.07, 6.45) is 0. The zero-order valence-corrected chi connectivity index (χ0v) is 11.9. The third-order valence-corrected chi connectivity index (χ3v) is 0.500. The van der Waals surface area contributed by atoms with Gasteiger partial charge >= 0.3 is 38.1 Å². The minimum Gasteiger partial charge on any atom is -0.543 e. The van der Waals surface area contributed by atoms with Gasteiger partial charge in [-0.2, -0.15) is 0 Å². The normalized spacial score (nSPS) is 6.60. The van der Waals surface area contributed by atoms with Crippen LogP contribution in [-0.2, 0) is 66.9 Å². The molecule has 0 rings (SSSR count). The van der Waals surface area contributed by atoms with Gasteiger partial charge < -0.3 is 59.4 Å². The molecular weight excluding hydrogens is 415 g/mol. The Morgan fingerprint density at radius 2 is 0.450 bits per heavy atom. The molecule has 0 N–H and O–H groups in total. The minimum atomic E-state index is -2.19. The monoisotopic (exact) mass is 417 g/mol. The average Bonchev–Trinajstić information content (AvgIpc) is 2.18. The molecule has 0 fully saturated rings. The first-order valence-electron chi connectivity index (χ1n) is 3.20. The van der Waals surface area contributed by atoms with Crippen LogP contribution in [0, 0.1) is 0 Å². The van der Waals surface area contributed by atoms with Gasteiger partial charge in [0.2, 0.25) is 0 Å². The van der Waals surface area contributed by atoms with Crippen molar-refractivity contribution in [3.63, 3.8) is 0 Å². The van der Waals surface area contributed by atoms with Crippen LogP contribution >= 0.6 is 0 Å². The van der Waals surface area contributed by atoms with Gasteiger partial charge in [0.05, 0.1) is 35.8 Å². The zero-order valence-electron chi connectivity index (χ0n) is 8.69. The molecule has 1 radical (unpaired) electrons. The van der Waals surface area contributed by atoms with Crippen molar-refractivity contribution in [2.45, 2.75) is 0 Å². The summed E-state index contributed by atoms with van der Waals surface area (Å²) in [4.78, 5) is 53.6. The van der Waals surface area contributed by atoms with Crippen LogP contribution in [0.25, 0.3) is 0 Å². The topological polar surface area (TPSA) is 241 Å². The van der Waals surface area contributed by atoms with Crippen molar-refractivity contribution >= 4 is 35.8 Å². The molecule has 109 valence electrons. The number of carbonyl (C=O) groups excluding carboxylic acids is 6. The predicted octanol–water partition coefficient (Wildman–Crippen LogP) is -10.5. The van der Waals surface area contributed by atoms with Crippen LogP contribution in [0.3, 0.4) is 0 Å². The molecule has 0 amide bonds. The number of carboxylic acid groups (broad SMARTS) is 6. The summed E-state index contributed by atoms with van der Waals surface area (Å²) in [6, 6.07) is 0. The van der Waals surface area contributed by atoms with Crippen molar-refractivity contribution in [1.82, 2.24) is 0 Å². The number of hydrogen-bond donors (Lipinski definition) is 0. The second kappa shape index (κ2) is 17.0. The van der Waals surface area contributed by atoms with E-state index < -0.39 is 35.8 Å². The fourth-order valence-corrected chi connectivity index (χ4v) is 0. The van der Waals surface area contributed by atoms with Gasteiger partial charge in [0.25, 0.3) is 0 Å². The SMILES string of the molecule is O=C([O-])C(=O)[O-].O=C([O-])C(=O)[O-].O=C([O-])C(=O)[O-].[Mn+2].[Mo+4]. The van der Waals surface area contributed by atoms with E-state index in [2.05, 4.69) is 0 Å². The second-order valence-electron chi connectivity index (χ2n) is 1.72. The van der Waals surface area contributed by atoms with Gasteiger partial charge in [0, 0.05) is 0 Å². The van der Waals surface area contributed by atoms with Crippen molar-refractivity contribution in [3.8, 4) is 0 Å². The fraction of sp³-hybridized carbons (Fsp3) is 0. The van der Waals surface area contributed by atoms with Gasteiger partial charge in [-0.3, -0.25) is 0 Å². The number of carboxylic acids is 6. The van der Waals surface area contributed by atoms with Gasteiger partial charge in [0.1, 0.15) is 0 Å². The fourth-order valence-electron chi connectivity index (χ4n) is 0. The van der Waals surface area contributed by atoms with E-state index in [1.54, 1.807) is 0 Å². The van der Waals surface area contributed by atoms with Gasteiger partial charge in [0.15, 0.2) is 0 Å². The molecular formula is C6MnMoO12. The summed E-state index contributed by atoms with van der Waals surface area (Å²) in [6.45, 7) is 0. The van der Waals surface area contributed by atoms with Crippen molar-refractivity contribution in [2.24, 2.45) is 0 Å². The van der Waals surface area contributed by atoms with Crippen molar-refractivity contribution in [1.29, 1.82) is 0 Å². The van der Waals surface area contributed by atoms with Crippen molar-refractivity contribution in [2.75, 3.05) is 0 Å². The maximum atomic E-state index is 8.93. The first kappa shape index (κ1) is 30.8. The molecule has 0 aliphatic carbocycles. The summed E-state index contributed by atoms with van der Waals surface area (Å²) in [5.74, 6) is -13.1. The van der Waals surface area contributed by atoms with E-state index in [9.17, 15) is 0 Å². The summed E-state index contributed by atoms with van der Waals surface area (Å²) in [5.41, 5.74) is 0. The summed E-state index contributed by atoms with van der Waals surface area (Å²) in [5, 5.41) is 53.6. The maximum Gasteiger partial charge on any atom is 4.00 e. The molecule has 0 saturated carbocycles. The molecule has 0 aliphatic rings. The largest absolute Gasteiger partial charge is 4.00 e. The van der Waals surface area contributed by atoms with E-state index in [1.165, 1.54) is 0 Å². The first-order chi connectivity index (χ1) is 7.93. The standard InChI is InChI=1S/3C2H2O4.Mn.Mo/c3*3-1(4)2(5)6;;/h3*(H,3,4)(H,5,6);;/q;;;+2;+4/p-6. The van der Waals surface area contributed by atoms with Crippen molar-refractivity contribution in [3.05, 3.63) is 0 Å². The molecule has 0 spiro atoms. The molecule has 0 atom stereocenters. The molecule has 0 heterocycles. The Kier molecular flexibility index (Phi) is 26.2. The number of carbonyl (C=O) groups is 6. The molecule has 0 aromatic carbocycles. The summed E-state index contributed by atoms with van der Waals surface area (Å²) < 4.78 is 0. The Morgan fingerprint density at radius 1 is 0.400 bits per heavy atom. The van der Waals surface area contributed by atoms with Crippen LogP contribution in [0.2, 0.25) is 0 Å². The van der Waals surface area contributed by atoms with E-state index >= 15 is 0 Å². The van der Waals surface area contributed by atoms with Crippen LogP contribution in [-0.4, -0.2) is 35.8 Å². The minimum absolute atomic E-state index is 0. The molecule has 20 heavy (non-hydrogen) atoms. The average molecular weight is 415 g/mol. The Hall–Kier alpha value is -1.97. The van der Waals surface area contributed by atoms with Gasteiger partial charge in [-0.1, -0.05) is 0 Å². The predicted molar refractivity (Wildman–Crippen MR) is 30.0 cm³/mol. The molecule has 0 aromatic rings. The zero-order chi connectivity index (χ0) is 15.5. The third kappa shape index (κ3) is 36.0. The van der Waals surface area contributed by atoms with E-state index in [1.807, 2.05) is 0 Å². The van der Waals surface area contributed by atoms with E-state index in [0.29, 0.717) is 0 Å². The van der Waals surface area contributed by atoms with E-state index in [-0.39, 0.29) is 38.1 Å². The molecule has 0 bridgehead atoms. The molecule has 0 unspecified atom stereocenters. The molecule has 0 aromatic heterocycles. The van der Waals surface area contributed by atoms with Crippen molar-refractivity contribution < 1.29 is 97.5 Å². The summed E-state index contributed by atoms with van der Waals surface area (Å²) in [7, 11) is 0. The molecule has 14 heteroatoms. The Morgan fingerprint density at radius 3 is 0.450 bits per heavy atom. The molecule has 0 saturated heterocycles. The Balaban J connectivity index is -0.0000000536. The van der Waals surface area contributed by atoms with Crippen LogP contribution in [0.4, 0.5) is 0 Å². The van der Waals surface area contributed by atoms with E-state index in [4.69, 9.17) is 59.4 Å². The van der Waals surface area contributed by atoms with Gasteiger partial charge in [-0.15, -0.1) is 0 Å². The third-order valence-electron chi connectivity index (χ3n) is 0.500. The maximum absolute atomic E-state index is 8.93. The van der Waals surface area contributed by atoms with Crippen LogP contribution in [0.5, 0.6) is 0 Å². The number of rotatable bonds is 0. The molecule has 12 nitrogen and oxygen atoms in total. The van der Waals surface area contributed by atoms with Crippen LogP contribution in [0.1, 0.15) is 0 Å². The number of hydrogen-bond acceptors (Lipinski definition) is 12. The smallest absolute Gasteiger partial charge is 0.543 e. The quantitative estimate of drug-likeness (QED) is 0.265. The Labute approximate surface area is 133 Å². The first-order valence-corrected chi connectivity index (χ1v) is 3.20. The summed E-state index contributed by atoms with van der Waals surface area (Å²) >= 11 is 0. The second-order valence-corrected chi connectivity index (χ2v) is 1.72. The van der Waals surface area contributed by atoms with Crippen LogP contribution in [0.15, 0.2) is 0 Å². The van der Waals surface area contributed by atoms with E-state index in [0.717, 1.165) is 0 Å². The van der Waals surface area contributed by atoms with Gasteiger partial charge in [-0.05, 0) is 0 Å². The van der Waals surface area contributed by atoms with Gasteiger partial charge in [-0.25, -0.2) is 0 Å². The van der Waals surface area contributed by atoms with Crippen LogP contribution < -0.4 is 30.6 Å².